The van der Waals surface area contributed by atoms with Crippen molar-refractivity contribution < 1.29 is 4.74 Å². The highest BCUT2D eigenvalue weighted by atomic mass is 32.1. The van der Waals surface area contributed by atoms with Gasteiger partial charge in [0.15, 0.2) is 0 Å². The van der Waals surface area contributed by atoms with E-state index in [1.165, 1.54) is 24.1 Å². The maximum atomic E-state index is 5.89. The molecule has 2 nitrogen and oxygen atoms in total. The van der Waals surface area contributed by atoms with E-state index in [0.717, 1.165) is 25.0 Å². The van der Waals surface area contributed by atoms with Crippen molar-refractivity contribution in [3.8, 4) is 0 Å². The zero-order valence-electron chi connectivity index (χ0n) is 14.8. The van der Waals surface area contributed by atoms with Crippen LogP contribution in [0.15, 0.2) is 12.1 Å². The molecule has 0 amide bonds. The van der Waals surface area contributed by atoms with E-state index in [0.29, 0.717) is 12.2 Å². The van der Waals surface area contributed by atoms with E-state index in [-0.39, 0.29) is 5.41 Å². The lowest BCUT2D eigenvalue weighted by Crippen LogP contribution is -2.49. The van der Waals surface area contributed by atoms with Crippen LogP contribution in [0.1, 0.15) is 69.6 Å². The van der Waals surface area contributed by atoms with Gasteiger partial charge in [0.2, 0.25) is 0 Å². The third-order valence-electron chi connectivity index (χ3n) is 5.14. The molecule has 1 saturated carbocycles. The lowest BCUT2D eigenvalue weighted by atomic mass is 9.95. The third kappa shape index (κ3) is 3.58. The Balaban J connectivity index is 1.63. The molecule has 0 spiro atoms. The molecule has 0 radical (unpaired) electrons. The Kier molecular flexibility index (Phi) is 4.69. The van der Waals surface area contributed by atoms with Gasteiger partial charge in [-0.05, 0) is 56.6 Å². The normalized spacial score (nSPS) is 34.2. The van der Waals surface area contributed by atoms with Crippen LogP contribution in [0.25, 0.3) is 0 Å². The number of nitrogens with zero attached hydrogens (tertiary/aromatic N) is 1. The van der Waals surface area contributed by atoms with Crippen LogP contribution in [0.4, 0.5) is 0 Å². The Labute approximate surface area is 139 Å². The summed E-state index contributed by atoms with van der Waals surface area (Å²) in [6.07, 6.45) is 4.82. The number of thiophene rings is 1. The number of hydrogen-bond acceptors (Lipinski definition) is 3. The summed E-state index contributed by atoms with van der Waals surface area (Å²) in [5, 5.41) is 0. The van der Waals surface area contributed by atoms with Gasteiger partial charge >= 0.3 is 0 Å². The van der Waals surface area contributed by atoms with E-state index in [1.807, 2.05) is 11.3 Å². The molecule has 0 bridgehead atoms. The molecule has 1 aliphatic heterocycles. The van der Waals surface area contributed by atoms with E-state index in [9.17, 15) is 0 Å². The molecule has 2 heterocycles. The predicted molar refractivity (Wildman–Crippen MR) is 95.0 cm³/mol. The molecule has 0 aromatic carbocycles. The highest BCUT2D eigenvalue weighted by Gasteiger charge is 2.34. The molecule has 22 heavy (non-hydrogen) atoms. The van der Waals surface area contributed by atoms with Crippen LogP contribution in [-0.4, -0.2) is 36.2 Å². The predicted octanol–water partition coefficient (Wildman–Crippen LogP) is 4.79. The van der Waals surface area contributed by atoms with Crippen molar-refractivity contribution in [3.05, 3.63) is 21.9 Å². The summed E-state index contributed by atoms with van der Waals surface area (Å²) >= 11 is 2.04. The van der Waals surface area contributed by atoms with Crippen LogP contribution in [0.2, 0.25) is 0 Å². The Hall–Kier alpha value is -0.380. The fourth-order valence-electron chi connectivity index (χ4n) is 4.04. The summed E-state index contributed by atoms with van der Waals surface area (Å²) in [6, 6.07) is 5.51. The van der Waals surface area contributed by atoms with Crippen LogP contribution in [0.5, 0.6) is 0 Å². The summed E-state index contributed by atoms with van der Waals surface area (Å²) in [5.74, 6) is 0.777. The lowest BCUT2D eigenvalue weighted by molar-refractivity contribution is -0.0796. The molecule has 1 aromatic heterocycles. The summed E-state index contributed by atoms with van der Waals surface area (Å²) in [4.78, 5) is 5.83. The SMILES string of the molecule is C[C@@H]1CN([C@@H]2CC[C@H](c3ccc(C(C)(C)C)s3)C2)C[C@H](C)O1. The Morgan fingerprint density at radius 1 is 1.09 bits per heavy atom. The largest absolute Gasteiger partial charge is 0.373 e. The molecule has 1 aromatic rings. The summed E-state index contributed by atoms with van der Waals surface area (Å²) < 4.78 is 5.89. The molecule has 4 atom stereocenters. The maximum Gasteiger partial charge on any atom is 0.0678 e. The van der Waals surface area contributed by atoms with Crippen LogP contribution < -0.4 is 0 Å². The quantitative estimate of drug-likeness (QED) is 0.776. The van der Waals surface area contributed by atoms with E-state index in [1.54, 1.807) is 4.88 Å². The monoisotopic (exact) mass is 321 g/mol. The zero-order valence-corrected chi connectivity index (χ0v) is 15.6. The van der Waals surface area contributed by atoms with Crippen molar-refractivity contribution in [1.82, 2.24) is 4.90 Å². The van der Waals surface area contributed by atoms with E-state index < -0.39 is 0 Å². The molecule has 2 fully saturated rings. The summed E-state index contributed by atoms with van der Waals surface area (Å²) in [6.45, 7) is 13.6. The number of ether oxygens (including phenoxy) is 1. The first-order valence-corrected chi connectivity index (χ1v) is 9.64. The molecule has 1 aliphatic carbocycles. The van der Waals surface area contributed by atoms with Gasteiger partial charge in [-0.3, -0.25) is 4.90 Å². The van der Waals surface area contributed by atoms with Gasteiger partial charge in [0.05, 0.1) is 12.2 Å². The second-order valence-electron chi connectivity index (χ2n) is 8.33. The minimum absolute atomic E-state index is 0.288. The Morgan fingerprint density at radius 2 is 1.77 bits per heavy atom. The van der Waals surface area contributed by atoms with Gasteiger partial charge in [0.25, 0.3) is 0 Å². The molecule has 1 saturated heterocycles. The molecular weight excluding hydrogens is 290 g/mol. The van der Waals surface area contributed by atoms with Crippen LogP contribution >= 0.6 is 11.3 Å². The van der Waals surface area contributed by atoms with Crippen molar-refractivity contribution in [2.24, 2.45) is 0 Å². The van der Waals surface area contributed by atoms with Crippen LogP contribution in [0.3, 0.4) is 0 Å². The van der Waals surface area contributed by atoms with Gasteiger partial charge in [-0.2, -0.15) is 0 Å². The molecule has 3 rings (SSSR count). The smallest absolute Gasteiger partial charge is 0.0678 e. The van der Waals surface area contributed by atoms with Crippen molar-refractivity contribution in [1.29, 1.82) is 0 Å². The van der Waals surface area contributed by atoms with Gasteiger partial charge in [-0.1, -0.05) is 20.8 Å². The minimum atomic E-state index is 0.288. The second kappa shape index (κ2) is 6.26. The number of rotatable bonds is 2. The Morgan fingerprint density at radius 3 is 2.36 bits per heavy atom. The van der Waals surface area contributed by atoms with Crippen molar-refractivity contribution >= 4 is 11.3 Å². The van der Waals surface area contributed by atoms with Gasteiger partial charge in [0, 0.05) is 28.9 Å². The van der Waals surface area contributed by atoms with Gasteiger partial charge in [-0.15, -0.1) is 11.3 Å². The average Bonchev–Trinajstić information content (AvgIpc) is 3.06. The third-order valence-corrected chi connectivity index (χ3v) is 6.81. The lowest BCUT2D eigenvalue weighted by Gasteiger charge is -2.39. The van der Waals surface area contributed by atoms with Crippen molar-refractivity contribution in [2.45, 2.75) is 83.5 Å². The first-order valence-electron chi connectivity index (χ1n) is 8.82. The fourth-order valence-corrected chi connectivity index (χ4v) is 5.25. The van der Waals surface area contributed by atoms with Crippen LogP contribution in [0, 0.1) is 0 Å². The van der Waals surface area contributed by atoms with Gasteiger partial charge in [0.1, 0.15) is 0 Å². The Bertz CT molecular complexity index is 494. The molecule has 0 unspecified atom stereocenters. The minimum Gasteiger partial charge on any atom is -0.373 e. The van der Waals surface area contributed by atoms with E-state index in [4.69, 9.17) is 4.74 Å². The van der Waals surface area contributed by atoms with Crippen molar-refractivity contribution in [2.75, 3.05) is 13.1 Å². The highest BCUT2D eigenvalue weighted by Crippen LogP contribution is 2.42. The first kappa shape index (κ1) is 16.5. The standard InChI is InChI=1S/C19H31NOS/c1-13-11-20(12-14(2)21-13)16-7-6-15(10-16)17-8-9-18(22-17)19(3,4)5/h8-9,13-16H,6-7,10-12H2,1-5H3/t13-,14+,15-,16+/m0/s1. The zero-order chi connectivity index (χ0) is 15.9. The molecule has 0 N–H and O–H groups in total. The molecule has 124 valence electrons. The van der Waals surface area contributed by atoms with Crippen molar-refractivity contribution in [3.63, 3.8) is 0 Å². The summed E-state index contributed by atoms with van der Waals surface area (Å²) in [7, 11) is 0. The van der Waals surface area contributed by atoms with Crippen LogP contribution in [-0.2, 0) is 10.2 Å². The molecule has 2 aliphatic rings. The fraction of sp³-hybridized carbons (Fsp3) is 0.789. The average molecular weight is 322 g/mol. The second-order valence-corrected chi connectivity index (χ2v) is 9.44. The number of hydrogen-bond donors (Lipinski definition) is 0. The first-order chi connectivity index (χ1) is 10.3. The molecular formula is C19H31NOS. The molecule has 3 heteroatoms. The highest BCUT2D eigenvalue weighted by molar-refractivity contribution is 7.12. The summed E-state index contributed by atoms with van der Waals surface area (Å²) in [5.41, 5.74) is 0.288. The number of morpholine rings is 1. The topological polar surface area (TPSA) is 12.5 Å². The maximum absolute atomic E-state index is 5.89. The van der Waals surface area contributed by atoms with Gasteiger partial charge in [-0.25, -0.2) is 0 Å². The van der Waals surface area contributed by atoms with E-state index in [2.05, 4.69) is 51.7 Å². The van der Waals surface area contributed by atoms with E-state index >= 15 is 0 Å². The van der Waals surface area contributed by atoms with Gasteiger partial charge < -0.3 is 4.74 Å².